The lowest BCUT2D eigenvalue weighted by molar-refractivity contribution is -0.873. The van der Waals surface area contributed by atoms with Crippen molar-refractivity contribution in [3.05, 3.63) is 0 Å². The molecule has 0 bridgehead atoms. The Kier molecular flexibility index (Phi) is 6.66. The van der Waals surface area contributed by atoms with Crippen molar-refractivity contribution in [2.75, 3.05) is 27.7 Å². The van der Waals surface area contributed by atoms with E-state index in [0.717, 1.165) is 11.0 Å². The number of halogens is 1. The molecule has 0 aliphatic carbocycles. The Labute approximate surface area is 85.1 Å². The summed E-state index contributed by atoms with van der Waals surface area (Å²) >= 11 is 0. The molecule has 12 heavy (non-hydrogen) atoms. The molecule has 4 heteroatoms. The minimum atomic E-state index is -0.203. The zero-order valence-corrected chi connectivity index (χ0v) is 10.0. The minimum absolute atomic E-state index is 0. The van der Waals surface area contributed by atoms with E-state index in [1.165, 1.54) is 6.92 Å². The van der Waals surface area contributed by atoms with Crippen LogP contribution in [-0.2, 0) is 9.53 Å². The first-order valence-corrected chi connectivity index (χ1v) is 3.79. The average Bonchev–Trinajstić information content (AvgIpc) is 1.53. The maximum Gasteiger partial charge on any atom is 0.303 e. The van der Waals surface area contributed by atoms with E-state index in [4.69, 9.17) is 4.74 Å². The summed E-state index contributed by atoms with van der Waals surface area (Å²) in [5, 5.41) is 0. The topological polar surface area (TPSA) is 26.3 Å². The van der Waals surface area contributed by atoms with Crippen LogP contribution in [0, 0.1) is 0 Å². The van der Waals surface area contributed by atoms with E-state index in [1.54, 1.807) is 0 Å². The van der Waals surface area contributed by atoms with Crippen molar-refractivity contribution in [2.24, 2.45) is 0 Å². The van der Waals surface area contributed by atoms with Crippen LogP contribution in [0.5, 0.6) is 0 Å². The minimum Gasteiger partial charge on any atom is -1.00 e. The molecule has 0 N–H and O–H groups in total. The number of carbonyl (C=O) groups is 1. The highest BCUT2D eigenvalue weighted by atomic mass is 79.9. The van der Waals surface area contributed by atoms with Gasteiger partial charge < -0.3 is 26.2 Å². The van der Waals surface area contributed by atoms with E-state index >= 15 is 0 Å². The normalized spacial score (nSPS) is 13.1. The molecule has 0 amide bonds. The number of quaternary nitrogens is 1. The molecule has 0 fully saturated rings. The van der Waals surface area contributed by atoms with Crippen LogP contribution in [-0.4, -0.2) is 44.2 Å². The number of likely N-dealkylation sites (N-methyl/N-ethyl adjacent to an activating group) is 1. The van der Waals surface area contributed by atoms with Crippen LogP contribution in [0.25, 0.3) is 0 Å². The summed E-state index contributed by atoms with van der Waals surface area (Å²) in [5.41, 5.74) is 0. The van der Waals surface area contributed by atoms with Crippen molar-refractivity contribution in [1.82, 2.24) is 0 Å². The van der Waals surface area contributed by atoms with Crippen LogP contribution in [0.15, 0.2) is 0 Å². The van der Waals surface area contributed by atoms with Crippen LogP contribution in [0.2, 0.25) is 0 Å². The molecule has 0 aromatic heterocycles. The monoisotopic (exact) mass is 239 g/mol. The van der Waals surface area contributed by atoms with Gasteiger partial charge in [-0.2, -0.15) is 0 Å². The van der Waals surface area contributed by atoms with E-state index in [2.05, 4.69) is 21.1 Å². The maximum absolute atomic E-state index is 10.5. The summed E-state index contributed by atoms with van der Waals surface area (Å²) in [6.07, 6.45) is 0.00694. The predicted octanol–water partition coefficient (Wildman–Crippen LogP) is -2.35. The summed E-state index contributed by atoms with van der Waals surface area (Å²) in [7, 11) is 6.21. The van der Waals surface area contributed by atoms with Crippen molar-refractivity contribution in [1.29, 1.82) is 0 Å². The van der Waals surface area contributed by atoms with Crippen LogP contribution < -0.4 is 17.0 Å². The first kappa shape index (κ1) is 14.4. The third-order valence-corrected chi connectivity index (χ3v) is 1.17. The molecule has 0 aliphatic heterocycles. The van der Waals surface area contributed by atoms with Gasteiger partial charge in [-0.25, -0.2) is 0 Å². The van der Waals surface area contributed by atoms with E-state index in [0.29, 0.717) is 0 Å². The van der Waals surface area contributed by atoms with Gasteiger partial charge in [0.1, 0.15) is 12.6 Å². The number of nitrogens with zero attached hydrogens (tertiary/aromatic N) is 1. The molecule has 3 nitrogen and oxygen atoms in total. The first-order valence-electron chi connectivity index (χ1n) is 3.79. The second-order valence-electron chi connectivity index (χ2n) is 3.89. The van der Waals surface area contributed by atoms with Crippen LogP contribution in [0.4, 0.5) is 0 Å². The zero-order valence-electron chi connectivity index (χ0n) is 8.43. The summed E-state index contributed by atoms with van der Waals surface area (Å²) in [4.78, 5) is 10.5. The largest absolute Gasteiger partial charge is 1.00 e. The molecule has 0 radical (unpaired) electrons. The number of hydrogen-bond acceptors (Lipinski definition) is 2. The molecule has 0 saturated carbocycles. The third-order valence-electron chi connectivity index (χ3n) is 1.17. The molecule has 0 rings (SSSR count). The number of rotatable bonds is 3. The number of ether oxygens (including phenoxy) is 1. The van der Waals surface area contributed by atoms with E-state index in [-0.39, 0.29) is 29.1 Å². The van der Waals surface area contributed by atoms with Gasteiger partial charge in [0, 0.05) is 6.92 Å². The number of esters is 1. The van der Waals surface area contributed by atoms with E-state index < -0.39 is 0 Å². The quantitative estimate of drug-likeness (QED) is 0.408. The highest BCUT2D eigenvalue weighted by Gasteiger charge is 2.15. The molecule has 0 aliphatic rings. The predicted molar refractivity (Wildman–Crippen MR) is 44.1 cm³/mol. The van der Waals surface area contributed by atoms with Crippen LogP contribution >= 0.6 is 0 Å². The third kappa shape index (κ3) is 9.91. The molecule has 0 aromatic rings. The Morgan fingerprint density at radius 2 is 1.83 bits per heavy atom. The number of hydrogen-bond donors (Lipinski definition) is 0. The van der Waals surface area contributed by atoms with E-state index in [9.17, 15) is 4.79 Å². The summed E-state index contributed by atoms with van der Waals surface area (Å²) in [6, 6.07) is 0. The molecule has 74 valence electrons. The van der Waals surface area contributed by atoms with Gasteiger partial charge in [0.05, 0.1) is 21.1 Å². The van der Waals surface area contributed by atoms with Gasteiger partial charge >= 0.3 is 5.97 Å². The van der Waals surface area contributed by atoms with Crippen molar-refractivity contribution >= 4 is 5.97 Å². The fraction of sp³-hybridized carbons (Fsp3) is 0.875. The van der Waals surface area contributed by atoms with Gasteiger partial charge in [-0.05, 0) is 6.92 Å². The zero-order chi connectivity index (χ0) is 9.07. The van der Waals surface area contributed by atoms with Gasteiger partial charge in [0.25, 0.3) is 0 Å². The summed E-state index contributed by atoms with van der Waals surface area (Å²) in [5.74, 6) is -0.203. The summed E-state index contributed by atoms with van der Waals surface area (Å²) in [6.45, 7) is 4.19. The standard InChI is InChI=1S/C8H18NO2.BrH/c1-7(11-8(2)10)6-9(3,4)5;/h7H,6H2,1-5H3;1H/q+1;/p-1. The Bertz CT molecular complexity index is 142. The molecular weight excluding hydrogens is 222 g/mol. The lowest BCUT2D eigenvalue weighted by atomic mass is 10.3. The fourth-order valence-electron chi connectivity index (χ4n) is 1.09. The Morgan fingerprint density at radius 3 is 2.08 bits per heavy atom. The molecule has 1 unspecified atom stereocenters. The highest BCUT2D eigenvalue weighted by Crippen LogP contribution is 1.98. The van der Waals surface area contributed by atoms with Crippen LogP contribution in [0.3, 0.4) is 0 Å². The van der Waals surface area contributed by atoms with Gasteiger partial charge in [0.15, 0.2) is 0 Å². The van der Waals surface area contributed by atoms with Crippen molar-refractivity contribution < 1.29 is 31.0 Å². The smallest absolute Gasteiger partial charge is 0.303 e. The van der Waals surface area contributed by atoms with Crippen molar-refractivity contribution in [3.63, 3.8) is 0 Å². The van der Waals surface area contributed by atoms with Crippen molar-refractivity contribution in [2.45, 2.75) is 20.0 Å². The SMILES string of the molecule is CC(=O)OC(C)C[N+](C)(C)C.[Br-]. The molecular formula is C8H18BrNO2. The molecule has 0 saturated heterocycles. The van der Waals surface area contributed by atoms with Crippen molar-refractivity contribution in [3.8, 4) is 0 Å². The Morgan fingerprint density at radius 1 is 1.42 bits per heavy atom. The highest BCUT2D eigenvalue weighted by molar-refractivity contribution is 5.66. The summed E-state index contributed by atoms with van der Waals surface area (Å²) < 4.78 is 5.79. The lowest BCUT2D eigenvalue weighted by Gasteiger charge is -2.26. The Balaban J connectivity index is 0. The lowest BCUT2D eigenvalue weighted by Crippen LogP contribution is -3.00. The number of carbonyl (C=O) groups excluding carboxylic acids is 1. The molecule has 0 spiro atoms. The van der Waals surface area contributed by atoms with Gasteiger partial charge in [-0.1, -0.05) is 0 Å². The fourth-order valence-corrected chi connectivity index (χ4v) is 1.09. The van der Waals surface area contributed by atoms with Gasteiger partial charge in [-0.15, -0.1) is 0 Å². The average molecular weight is 240 g/mol. The van der Waals surface area contributed by atoms with Gasteiger partial charge in [-0.3, -0.25) is 4.79 Å². The van der Waals surface area contributed by atoms with E-state index in [1.807, 2.05) is 6.92 Å². The second kappa shape index (κ2) is 5.54. The van der Waals surface area contributed by atoms with Gasteiger partial charge in [0.2, 0.25) is 0 Å². The molecule has 0 aromatic carbocycles. The molecule has 1 atom stereocenters. The Hall–Kier alpha value is -0.0900. The second-order valence-corrected chi connectivity index (χ2v) is 3.89. The first-order chi connectivity index (χ1) is 4.81. The maximum atomic E-state index is 10.5. The molecule has 0 heterocycles. The van der Waals surface area contributed by atoms with Crippen LogP contribution in [0.1, 0.15) is 13.8 Å².